The number of halogens is 1. The zero-order valence-corrected chi connectivity index (χ0v) is 16.2. The summed E-state index contributed by atoms with van der Waals surface area (Å²) in [5, 5.41) is 0. The highest BCUT2D eigenvalue weighted by Gasteiger charge is 2.16. The normalized spacial score (nSPS) is 11.3. The monoisotopic (exact) mass is 399 g/mol. The molecule has 5 rings (SSSR count). The summed E-state index contributed by atoms with van der Waals surface area (Å²) in [5.41, 5.74) is 3.20. The predicted molar refractivity (Wildman–Crippen MR) is 114 cm³/mol. The zero-order chi connectivity index (χ0) is 20.7. The van der Waals surface area contributed by atoms with Gasteiger partial charge in [-0.3, -0.25) is 4.79 Å². The maximum absolute atomic E-state index is 14.4. The van der Waals surface area contributed by atoms with Crippen molar-refractivity contribution in [3.63, 3.8) is 0 Å². The number of para-hydroxylation sites is 2. The van der Waals surface area contributed by atoms with E-state index in [9.17, 15) is 9.18 Å². The lowest BCUT2D eigenvalue weighted by Gasteiger charge is -2.09. The molecule has 148 valence electrons. The van der Waals surface area contributed by atoms with Gasteiger partial charge < -0.3 is 9.30 Å². The smallest absolute Gasteiger partial charge is 0.260 e. The van der Waals surface area contributed by atoms with Crippen molar-refractivity contribution < 1.29 is 9.13 Å². The fourth-order valence-corrected chi connectivity index (χ4v) is 3.75. The second kappa shape index (κ2) is 7.15. The number of benzene rings is 3. The molecular formula is C24H18FN3O2. The average Bonchev–Trinajstić information content (AvgIpc) is 3.09. The molecule has 0 atom stereocenters. The van der Waals surface area contributed by atoms with Crippen LogP contribution in [0.25, 0.3) is 28.1 Å². The molecule has 0 unspecified atom stereocenters. The Labute approximate surface area is 171 Å². The van der Waals surface area contributed by atoms with E-state index in [4.69, 9.17) is 9.72 Å². The van der Waals surface area contributed by atoms with Gasteiger partial charge in [0.15, 0.2) is 0 Å². The number of hydrogen-bond acceptors (Lipinski definition) is 3. The Kier molecular flexibility index (Phi) is 4.32. The lowest BCUT2D eigenvalue weighted by Crippen LogP contribution is -2.15. The van der Waals surface area contributed by atoms with Crippen molar-refractivity contribution in [3.05, 3.63) is 101 Å². The molecule has 2 aromatic heterocycles. The van der Waals surface area contributed by atoms with Crippen LogP contribution in [0.1, 0.15) is 5.56 Å². The van der Waals surface area contributed by atoms with E-state index in [0.717, 1.165) is 16.6 Å². The van der Waals surface area contributed by atoms with Gasteiger partial charge in [0.05, 0.1) is 30.4 Å². The summed E-state index contributed by atoms with van der Waals surface area (Å²) in [6.45, 7) is 0.262. The second-order valence-electron chi connectivity index (χ2n) is 7.01. The summed E-state index contributed by atoms with van der Waals surface area (Å²) in [5.74, 6) is 0.853. The van der Waals surface area contributed by atoms with Gasteiger partial charge >= 0.3 is 0 Å². The quantitative estimate of drug-likeness (QED) is 0.447. The van der Waals surface area contributed by atoms with E-state index < -0.39 is 0 Å². The highest BCUT2D eigenvalue weighted by molar-refractivity contribution is 5.81. The molecule has 0 N–H and O–H groups in total. The van der Waals surface area contributed by atoms with Crippen molar-refractivity contribution in [2.75, 3.05) is 7.11 Å². The second-order valence-corrected chi connectivity index (χ2v) is 7.01. The Hall–Kier alpha value is -3.93. The number of rotatable bonds is 4. The molecular weight excluding hydrogens is 381 g/mol. The molecule has 5 aromatic rings. The molecule has 0 amide bonds. The van der Waals surface area contributed by atoms with E-state index >= 15 is 0 Å². The molecule has 0 aliphatic rings. The summed E-state index contributed by atoms with van der Waals surface area (Å²) >= 11 is 0. The lowest BCUT2D eigenvalue weighted by atomic mass is 10.1. The Bertz CT molecular complexity index is 1450. The number of hydrogen-bond donors (Lipinski definition) is 0. The van der Waals surface area contributed by atoms with Gasteiger partial charge in [0.1, 0.15) is 11.6 Å². The molecule has 0 aliphatic heterocycles. The predicted octanol–water partition coefficient (Wildman–Crippen LogP) is 4.51. The minimum atomic E-state index is -0.292. The van der Waals surface area contributed by atoms with Gasteiger partial charge in [-0.25, -0.2) is 13.8 Å². The van der Waals surface area contributed by atoms with Crippen LogP contribution in [-0.4, -0.2) is 21.1 Å². The van der Waals surface area contributed by atoms with Crippen molar-refractivity contribution in [2.24, 2.45) is 0 Å². The van der Waals surface area contributed by atoms with Crippen molar-refractivity contribution in [1.29, 1.82) is 0 Å². The number of ether oxygens (including phenoxy) is 1. The minimum Gasteiger partial charge on any atom is -0.497 e. The summed E-state index contributed by atoms with van der Waals surface area (Å²) in [4.78, 5) is 17.9. The Morgan fingerprint density at radius 1 is 0.933 bits per heavy atom. The SMILES string of the molecule is COc1cccc(-c2cc(=O)n3c4ccccc4n(Cc4ccccc4F)c3n2)c1. The highest BCUT2D eigenvalue weighted by atomic mass is 19.1. The van der Waals surface area contributed by atoms with Gasteiger partial charge in [0, 0.05) is 17.2 Å². The number of methoxy groups -OCH3 is 1. The van der Waals surface area contributed by atoms with Gasteiger partial charge in [-0.15, -0.1) is 0 Å². The number of aromatic nitrogens is 3. The zero-order valence-electron chi connectivity index (χ0n) is 16.2. The van der Waals surface area contributed by atoms with Gasteiger partial charge in [0.25, 0.3) is 5.56 Å². The largest absolute Gasteiger partial charge is 0.497 e. The lowest BCUT2D eigenvalue weighted by molar-refractivity contribution is 0.415. The molecule has 0 spiro atoms. The number of nitrogens with zero attached hydrogens (tertiary/aromatic N) is 3. The third-order valence-corrected chi connectivity index (χ3v) is 5.21. The topological polar surface area (TPSA) is 48.5 Å². The van der Waals surface area contributed by atoms with Crippen LogP contribution < -0.4 is 10.3 Å². The van der Waals surface area contributed by atoms with E-state index in [0.29, 0.717) is 22.8 Å². The number of fused-ring (bicyclic) bond motifs is 3. The fourth-order valence-electron chi connectivity index (χ4n) is 3.75. The first-order valence-corrected chi connectivity index (χ1v) is 9.54. The van der Waals surface area contributed by atoms with Crippen LogP contribution in [0, 0.1) is 5.82 Å². The van der Waals surface area contributed by atoms with Gasteiger partial charge in [-0.05, 0) is 30.3 Å². The first kappa shape index (κ1) is 18.1. The van der Waals surface area contributed by atoms with Crippen molar-refractivity contribution in [1.82, 2.24) is 14.0 Å². The van der Waals surface area contributed by atoms with E-state index in [1.165, 1.54) is 12.1 Å². The van der Waals surface area contributed by atoms with Crippen molar-refractivity contribution in [3.8, 4) is 17.0 Å². The summed E-state index contributed by atoms with van der Waals surface area (Å²) < 4.78 is 23.1. The van der Waals surface area contributed by atoms with Crippen LogP contribution in [0.3, 0.4) is 0 Å². The van der Waals surface area contributed by atoms with Gasteiger partial charge in [-0.1, -0.05) is 42.5 Å². The van der Waals surface area contributed by atoms with Crippen LogP contribution in [-0.2, 0) is 6.54 Å². The van der Waals surface area contributed by atoms with E-state index in [1.807, 2.05) is 53.1 Å². The molecule has 0 bridgehead atoms. The average molecular weight is 399 g/mol. The minimum absolute atomic E-state index is 0.193. The first-order chi connectivity index (χ1) is 14.7. The molecule has 2 heterocycles. The molecule has 0 fully saturated rings. The summed E-state index contributed by atoms with van der Waals surface area (Å²) in [6.07, 6.45) is 0. The van der Waals surface area contributed by atoms with Crippen LogP contribution in [0.2, 0.25) is 0 Å². The molecule has 0 aliphatic carbocycles. The van der Waals surface area contributed by atoms with Crippen molar-refractivity contribution in [2.45, 2.75) is 6.54 Å². The van der Waals surface area contributed by atoms with Crippen LogP contribution in [0.4, 0.5) is 4.39 Å². The van der Waals surface area contributed by atoms with Crippen LogP contribution in [0.15, 0.2) is 83.7 Å². The number of imidazole rings is 1. The molecule has 5 nitrogen and oxygen atoms in total. The molecule has 30 heavy (non-hydrogen) atoms. The Morgan fingerprint density at radius 2 is 1.70 bits per heavy atom. The van der Waals surface area contributed by atoms with E-state index in [2.05, 4.69) is 0 Å². The molecule has 0 saturated heterocycles. The van der Waals surface area contributed by atoms with E-state index in [-0.39, 0.29) is 17.9 Å². The first-order valence-electron chi connectivity index (χ1n) is 9.54. The third kappa shape index (κ3) is 2.93. The Morgan fingerprint density at radius 3 is 2.50 bits per heavy atom. The maximum Gasteiger partial charge on any atom is 0.260 e. The fraction of sp³-hybridized carbons (Fsp3) is 0.0833. The maximum atomic E-state index is 14.4. The molecule has 3 aromatic carbocycles. The van der Waals surface area contributed by atoms with Gasteiger partial charge in [-0.2, -0.15) is 0 Å². The Balaban J connectivity index is 1.79. The van der Waals surface area contributed by atoms with Crippen LogP contribution in [0.5, 0.6) is 5.75 Å². The molecule has 6 heteroatoms. The highest BCUT2D eigenvalue weighted by Crippen LogP contribution is 2.25. The van der Waals surface area contributed by atoms with Gasteiger partial charge in [0.2, 0.25) is 5.78 Å². The summed E-state index contributed by atoms with van der Waals surface area (Å²) in [7, 11) is 1.59. The molecule has 0 radical (unpaired) electrons. The van der Waals surface area contributed by atoms with Crippen LogP contribution >= 0.6 is 0 Å². The standard InChI is InChI=1S/C24H18FN3O2/c1-30-18-9-6-8-16(13-18)20-14-23(29)28-22-12-5-4-11-21(22)27(24(28)26-20)15-17-7-2-3-10-19(17)25/h2-14H,15H2,1H3. The van der Waals surface area contributed by atoms with E-state index in [1.54, 1.807) is 29.7 Å². The summed E-state index contributed by atoms with van der Waals surface area (Å²) in [6, 6.07) is 23.1. The van der Waals surface area contributed by atoms with Crippen molar-refractivity contribution >= 4 is 16.8 Å². The third-order valence-electron chi connectivity index (χ3n) is 5.21. The molecule has 0 saturated carbocycles.